The molecule has 2 heterocycles. The summed E-state index contributed by atoms with van der Waals surface area (Å²) in [5.74, 6) is -1.59. The summed E-state index contributed by atoms with van der Waals surface area (Å²) in [6.07, 6.45) is -0.302. The summed E-state index contributed by atoms with van der Waals surface area (Å²) in [5.41, 5.74) is -0.359. The van der Waals surface area contributed by atoms with E-state index in [2.05, 4.69) is 15.4 Å². The van der Waals surface area contributed by atoms with Crippen molar-refractivity contribution in [3.8, 4) is 17.2 Å². The van der Waals surface area contributed by atoms with Crippen LogP contribution in [0.4, 0.5) is 5.13 Å². The standard InChI is InChI=1S/C20H20N4O6S/c1-10(2)30-19(28)17-11(3)21-20(31-17)22-18(27)16-13(25)9-15(26)24(23-16)12-7-5-6-8-14(12)29-4/h5-10,25H,1-4H3,(H,21,22,27). The van der Waals surface area contributed by atoms with E-state index in [1.165, 1.54) is 7.11 Å². The minimum Gasteiger partial charge on any atom is -0.505 e. The summed E-state index contributed by atoms with van der Waals surface area (Å²) in [7, 11) is 1.44. The molecule has 0 spiro atoms. The smallest absolute Gasteiger partial charge is 0.350 e. The number of para-hydroxylation sites is 2. The average Bonchev–Trinajstić information content (AvgIpc) is 3.07. The van der Waals surface area contributed by atoms with Gasteiger partial charge >= 0.3 is 5.97 Å². The minimum atomic E-state index is -0.807. The molecule has 2 aromatic heterocycles. The molecule has 0 fully saturated rings. The summed E-state index contributed by atoms with van der Waals surface area (Å²) in [6, 6.07) is 7.49. The van der Waals surface area contributed by atoms with Crippen LogP contribution in [-0.4, -0.2) is 45.0 Å². The molecule has 0 unspecified atom stereocenters. The number of thiazole rings is 1. The molecule has 31 heavy (non-hydrogen) atoms. The lowest BCUT2D eigenvalue weighted by Crippen LogP contribution is -2.25. The van der Waals surface area contributed by atoms with Crippen molar-refractivity contribution in [1.29, 1.82) is 0 Å². The van der Waals surface area contributed by atoms with E-state index in [0.29, 0.717) is 17.1 Å². The number of nitrogens with one attached hydrogen (secondary N) is 1. The van der Waals surface area contributed by atoms with Crippen LogP contribution in [0.25, 0.3) is 5.69 Å². The molecule has 162 valence electrons. The van der Waals surface area contributed by atoms with Crippen LogP contribution in [0.5, 0.6) is 11.5 Å². The van der Waals surface area contributed by atoms with Crippen LogP contribution < -0.4 is 15.6 Å². The Morgan fingerprint density at radius 1 is 1.26 bits per heavy atom. The Balaban J connectivity index is 1.93. The third kappa shape index (κ3) is 4.72. The zero-order valence-electron chi connectivity index (χ0n) is 17.2. The van der Waals surface area contributed by atoms with Crippen LogP contribution in [0.3, 0.4) is 0 Å². The molecule has 0 aliphatic heterocycles. The van der Waals surface area contributed by atoms with Gasteiger partial charge in [-0.2, -0.15) is 9.78 Å². The van der Waals surface area contributed by atoms with Gasteiger partial charge in [0.25, 0.3) is 11.5 Å². The van der Waals surface area contributed by atoms with Gasteiger partial charge in [-0.3, -0.25) is 14.9 Å². The van der Waals surface area contributed by atoms with Gasteiger partial charge in [0.05, 0.1) is 18.9 Å². The van der Waals surface area contributed by atoms with Crippen molar-refractivity contribution in [3.63, 3.8) is 0 Å². The van der Waals surface area contributed by atoms with Crippen molar-refractivity contribution in [2.75, 3.05) is 12.4 Å². The van der Waals surface area contributed by atoms with E-state index >= 15 is 0 Å². The summed E-state index contributed by atoms with van der Waals surface area (Å²) in [4.78, 5) is 41.6. The highest BCUT2D eigenvalue weighted by atomic mass is 32.1. The molecule has 0 aliphatic carbocycles. The summed E-state index contributed by atoms with van der Waals surface area (Å²) in [5, 5.41) is 16.7. The van der Waals surface area contributed by atoms with E-state index < -0.39 is 28.9 Å². The van der Waals surface area contributed by atoms with Crippen molar-refractivity contribution < 1.29 is 24.2 Å². The summed E-state index contributed by atoms with van der Waals surface area (Å²) in [6.45, 7) is 5.06. The molecular formula is C20H20N4O6S. The molecule has 0 saturated carbocycles. The van der Waals surface area contributed by atoms with Gasteiger partial charge in [-0.1, -0.05) is 23.5 Å². The number of benzene rings is 1. The van der Waals surface area contributed by atoms with Gasteiger partial charge in [0.15, 0.2) is 16.6 Å². The third-order valence-corrected chi connectivity index (χ3v) is 5.04. The Labute approximate surface area is 181 Å². The Morgan fingerprint density at radius 2 is 1.97 bits per heavy atom. The maximum atomic E-state index is 12.7. The lowest BCUT2D eigenvalue weighted by Gasteiger charge is -2.11. The number of anilines is 1. The predicted molar refractivity (Wildman–Crippen MR) is 113 cm³/mol. The van der Waals surface area contributed by atoms with Crippen LogP contribution in [0.15, 0.2) is 35.1 Å². The van der Waals surface area contributed by atoms with Gasteiger partial charge in [-0.05, 0) is 32.9 Å². The first kappa shape index (κ1) is 22.0. The second kappa shape index (κ2) is 8.96. The average molecular weight is 444 g/mol. The maximum absolute atomic E-state index is 12.7. The number of amides is 1. The number of methoxy groups -OCH3 is 1. The molecule has 1 aromatic carbocycles. The number of rotatable bonds is 6. The molecule has 11 heteroatoms. The van der Waals surface area contributed by atoms with E-state index in [1.54, 1.807) is 45.0 Å². The van der Waals surface area contributed by atoms with E-state index in [-0.39, 0.29) is 16.1 Å². The van der Waals surface area contributed by atoms with Gasteiger partial charge in [0.2, 0.25) is 0 Å². The molecule has 2 N–H and O–H groups in total. The van der Waals surface area contributed by atoms with Crippen LogP contribution in [0, 0.1) is 6.92 Å². The van der Waals surface area contributed by atoms with Crippen molar-refractivity contribution in [2.24, 2.45) is 0 Å². The largest absolute Gasteiger partial charge is 0.505 e. The molecule has 0 bridgehead atoms. The number of aromatic hydroxyl groups is 1. The van der Waals surface area contributed by atoms with Crippen molar-refractivity contribution in [2.45, 2.75) is 26.9 Å². The van der Waals surface area contributed by atoms with Crippen LogP contribution in [-0.2, 0) is 4.74 Å². The first-order chi connectivity index (χ1) is 14.7. The number of ether oxygens (including phenoxy) is 2. The molecule has 0 radical (unpaired) electrons. The van der Waals surface area contributed by atoms with Crippen molar-refractivity contribution in [1.82, 2.24) is 14.8 Å². The topological polar surface area (TPSA) is 133 Å². The van der Waals surface area contributed by atoms with Crippen molar-refractivity contribution >= 4 is 28.3 Å². The normalized spacial score (nSPS) is 10.7. The number of carbonyl (C=O) groups excluding carboxylic acids is 2. The van der Waals surface area contributed by atoms with Crippen LogP contribution in [0.1, 0.15) is 39.7 Å². The van der Waals surface area contributed by atoms with E-state index in [0.717, 1.165) is 22.1 Å². The first-order valence-electron chi connectivity index (χ1n) is 9.17. The lowest BCUT2D eigenvalue weighted by atomic mass is 10.3. The van der Waals surface area contributed by atoms with Gasteiger partial charge < -0.3 is 14.6 Å². The van der Waals surface area contributed by atoms with E-state index in [4.69, 9.17) is 9.47 Å². The van der Waals surface area contributed by atoms with Gasteiger partial charge in [-0.15, -0.1) is 0 Å². The molecule has 3 aromatic rings. The fourth-order valence-corrected chi connectivity index (χ4v) is 3.49. The number of carbonyl (C=O) groups is 2. The van der Waals surface area contributed by atoms with Gasteiger partial charge in [0, 0.05) is 6.07 Å². The monoisotopic (exact) mass is 444 g/mol. The summed E-state index contributed by atoms with van der Waals surface area (Å²) < 4.78 is 11.3. The van der Waals surface area contributed by atoms with E-state index in [9.17, 15) is 19.5 Å². The fraction of sp³-hybridized carbons (Fsp3) is 0.250. The Bertz CT molecular complexity index is 1200. The SMILES string of the molecule is COc1ccccc1-n1nc(C(=O)Nc2nc(C)c(C(=O)OC(C)C)s2)c(O)cc1=O. The molecule has 0 aliphatic rings. The second-order valence-corrected chi connectivity index (χ2v) is 7.64. The fourth-order valence-electron chi connectivity index (χ4n) is 2.65. The number of nitrogens with zero attached hydrogens (tertiary/aromatic N) is 3. The number of hydrogen-bond donors (Lipinski definition) is 2. The van der Waals surface area contributed by atoms with Gasteiger partial charge in [0.1, 0.15) is 16.3 Å². The quantitative estimate of drug-likeness (QED) is 0.554. The molecule has 1 amide bonds. The number of hydrogen-bond acceptors (Lipinski definition) is 9. The molecule has 3 rings (SSSR count). The number of esters is 1. The molecule has 0 atom stereocenters. The zero-order chi connectivity index (χ0) is 22.7. The first-order valence-corrected chi connectivity index (χ1v) is 9.99. The van der Waals surface area contributed by atoms with Crippen molar-refractivity contribution in [3.05, 3.63) is 57.0 Å². The minimum absolute atomic E-state index is 0.120. The maximum Gasteiger partial charge on any atom is 0.350 e. The predicted octanol–water partition coefficient (Wildman–Crippen LogP) is 2.53. The van der Waals surface area contributed by atoms with E-state index in [1.807, 2.05) is 0 Å². The zero-order valence-corrected chi connectivity index (χ0v) is 18.0. The molecule has 10 nitrogen and oxygen atoms in total. The van der Waals surface area contributed by atoms with Gasteiger partial charge in [-0.25, -0.2) is 9.78 Å². The molecule has 0 saturated heterocycles. The lowest BCUT2D eigenvalue weighted by molar-refractivity contribution is 0.0382. The molecular weight excluding hydrogens is 424 g/mol. The number of aromatic nitrogens is 3. The highest BCUT2D eigenvalue weighted by Crippen LogP contribution is 2.25. The van der Waals surface area contributed by atoms with Crippen LogP contribution in [0.2, 0.25) is 0 Å². The Hall–Kier alpha value is -3.73. The van der Waals surface area contributed by atoms with Crippen LogP contribution >= 0.6 is 11.3 Å². The Kier molecular flexibility index (Phi) is 6.35. The highest BCUT2D eigenvalue weighted by Gasteiger charge is 2.22. The number of aryl methyl sites for hydroxylation is 1. The highest BCUT2D eigenvalue weighted by molar-refractivity contribution is 7.17. The summed E-state index contributed by atoms with van der Waals surface area (Å²) >= 11 is 0.933. The second-order valence-electron chi connectivity index (χ2n) is 6.64. The third-order valence-electron chi connectivity index (χ3n) is 3.99. The Morgan fingerprint density at radius 3 is 2.65 bits per heavy atom.